The molecule has 0 amide bonds. The molecule has 5 heteroatoms. The molecular formula is C13H18BrNO3. The van der Waals surface area contributed by atoms with E-state index in [0.717, 1.165) is 12.8 Å². The molecular weight excluding hydrogens is 298 g/mol. The zero-order chi connectivity index (χ0) is 13.4. The van der Waals surface area contributed by atoms with E-state index in [1.54, 1.807) is 18.2 Å². The Hall–Kier alpha value is -1.07. The Morgan fingerprint density at radius 3 is 2.83 bits per heavy atom. The topological polar surface area (TPSA) is 61.5 Å². The van der Waals surface area contributed by atoms with Gasteiger partial charge in [0.25, 0.3) is 0 Å². The Bertz CT molecular complexity index is 396. The summed E-state index contributed by atoms with van der Waals surface area (Å²) in [4.78, 5) is 11.7. The van der Waals surface area contributed by atoms with Gasteiger partial charge in [0.2, 0.25) is 0 Å². The van der Waals surface area contributed by atoms with Crippen molar-refractivity contribution in [3.05, 3.63) is 28.2 Å². The summed E-state index contributed by atoms with van der Waals surface area (Å²) in [7, 11) is 0. The lowest BCUT2D eigenvalue weighted by Crippen LogP contribution is -2.13. The van der Waals surface area contributed by atoms with Crippen LogP contribution in [0.3, 0.4) is 0 Å². The van der Waals surface area contributed by atoms with Gasteiger partial charge in [0.1, 0.15) is 6.61 Å². The van der Waals surface area contributed by atoms with E-state index >= 15 is 0 Å². The van der Waals surface area contributed by atoms with Crippen molar-refractivity contribution >= 4 is 27.6 Å². The highest BCUT2D eigenvalue weighted by atomic mass is 79.9. The van der Waals surface area contributed by atoms with E-state index in [4.69, 9.17) is 15.2 Å². The average Bonchev–Trinajstić information content (AvgIpc) is 2.36. The van der Waals surface area contributed by atoms with Gasteiger partial charge in [-0.15, -0.1) is 0 Å². The molecule has 0 aliphatic rings. The number of hydrogen-bond donors (Lipinski definition) is 1. The van der Waals surface area contributed by atoms with E-state index in [0.29, 0.717) is 28.9 Å². The van der Waals surface area contributed by atoms with Crippen LogP contribution in [0.1, 0.15) is 30.1 Å². The van der Waals surface area contributed by atoms with Crippen molar-refractivity contribution in [1.82, 2.24) is 0 Å². The Kier molecular flexibility index (Phi) is 6.75. The summed E-state index contributed by atoms with van der Waals surface area (Å²) in [6, 6.07) is 5.16. The third-order valence-corrected chi connectivity index (χ3v) is 3.07. The quantitative estimate of drug-likeness (QED) is 0.477. The zero-order valence-corrected chi connectivity index (χ0v) is 12.0. The summed E-state index contributed by atoms with van der Waals surface area (Å²) >= 11 is 3.27. The molecule has 0 heterocycles. The van der Waals surface area contributed by atoms with Gasteiger partial charge in [-0.3, -0.25) is 0 Å². The largest absolute Gasteiger partial charge is 0.460 e. The number of halogens is 1. The van der Waals surface area contributed by atoms with Gasteiger partial charge in [0.05, 0.1) is 17.9 Å². The molecule has 0 saturated heterocycles. The van der Waals surface area contributed by atoms with Crippen LogP contribution in [0.2, 0.25) is 0 Å². The molecule has 1 rings (SSSR count). The molecule has 0 atom stereocenters. The van der Waals surface area contributed by atoms with E-state index in [1.807, 2.05) is 0 Å². The van der Waals surface area contributed by atoms with Crippen molar-refractivity contribution in [2.75, 3.05) is 25.6 Å². The second-order valence-corrected chi connectivity index (χ2v) is 4.66. The SMILES string of the molecule is CCCCOCCOC(=O)c1cccc(Br)c1N. The number of ether oxygens (including phenoxy) is 2. The van der Waals surface area contributed by atoms with Gasteiger partial charge in [0.15, 0.2) is 0 Å². The van der Waals surface area contributed by atoms with Gasteiger partial charge in [-0.05, 0) is 34.5 Å². The van der Waals surface area contributed by atoms with E-state index < -0.39 is 5.97 Å². The predicted octanol–water partition coefficient (Wildman–Crippen LogP) is 3.00. The fourth-order valence-electron chi connectivity index (χ4n) is 1.33. The molecule has 0 fully saturated rings. The molecule has 18 heavy (non-hydrogen) atoms. The van der Waals surface area contributed by atoms with Gasteiger partial charge in [-0.2, -0.15) is 0 Å². The Balaban J connectivity index is 2.35. The number of carbonyl (C=O) groups is 1. The van der Waals surface area contributed by atoms with E-state index in [2.05, 4.69) is 22.9 Å². The molecule has 0 bridgehead atoms. The molecule has 100 valence electrons. The van der Waals surface area contributed by atoms with Crippen molar-refractivity contribution in [2.24, 2.45) is 0 Å². The smallest absolute Gasteiger partial charge is 0.340 e. The molecule has 0 aromatic heterocycles. The maximum Gasteiger partial charge on any atom is 0.340 e. The Labute approximate surface area is 116 Å². The first-order valence-electron chi connectivity index (χ1n) is 5.95. The van der Waals surface area contributed by atoms with Crippen LogP contribution in [0.4, 0.5) is 5.69 Å². The highest BCUT2D eigenvalue weighted by Gasteiger charge is 2.12. The van der Waals surface area contributed by atoms with Crippen molar-refractivity contribution in [3.63, 3.8) is 0 Å². The first kappa shape index (κ1) is 15.0. The predicted molar refractivity (Wildman–Crippen MR) is 74.6 cm³/mol. The van der Waals surface area contributed by atoms with Crippen molar-refractivity contribution in [3.8, 4) is 0 Å². The summed E-state index contributed by atoms with van der Waals surface area (Å²) in [6.45, 7) is 3.46. The third-order valence-electron chi connectivity index (χ3n) is 2.38. The van der Waals surface area contributed by atoms with Crippen LogP contribution in [-0.2, 0) is 9.47 Å². The molecule has 0 unspecified atom stereocenters. The van der Waals surface area contributed by atoms with Crippen LogP contribution in [0.5, 0.6) is 0 Å². The zero-order valence-electron chi connectivity index (χ0n) is 10.4. The molecule has 1 aromatic rings. The fourth-order valence-corrected chi connectivity index (χ4v) is 1.70. The number of unbranched alkanes of at least 4 members (excludes halogenated alkanes) is 1. The van der Waals surface area contributed by atoms with Crippen molar-refractivity contribution in [2.45, 2.75) is 19.8 Å². The van der Waals surface area contributed by atoms with E-state index in [9.17, 15) is 4.79 Å². The first-order valence-corrected chi connectivity index (χ1v) is 6.75. The standard InChI is InChI=1S/C13H18BrNO3/c1-2-3-7-17-8-9-18-13(16)10-5-4-6-11(14)12(10)15/h4-6H,2-3,7-9,15H2,1H3. The average molecular weight is 316 g/mol. The Morgan fingerprint density at radius 1 is 1.33 bits per heavy atom. The van der Waals surface area contributed by atoms with Crippen LogP contribution in [-0.4, -0.2) is 25.8 Å². The van der Waals surface area contributed by atoms with Gasteiger partial charge >= 0.3 is 5.97 Å². The van der Waals surface area contributed by atoms with Crippen molar-refractivity contribution < 1.29 is 14.3 Å². The molecule has 4 nitrogen and oxygen atoms in total. The number of anilines is 1. The summed E-state index contributed by atoms with van der Waals surface area (Å²) in [5, 5.41) is 0. The number of benzene rings is 1. The monoisotopic (exact) mass is 315 g/mol. The summed E-state index contributed by atoms with van der Waals surface area (Å²) in [5.41, 5.74) is 6.55. The number of nitrogens with two attached hydrogens (primary N) is 1. The molecule has 2 N–H and O–H groups in total. The number of carbonyl (C=O) groups excluding carboxylic acids is 1. The van der Waals surface area contributed by atoms with Crippen LogP contribution in [0.25, 0.3) is 0 Å². The molecule has 1 aromatic carbocycles. The number of nitrogen functional groups attached to an aromatic ring is 1. The van der Waals surface area contributed by atoms with Gasteiger partial charge in [-0.25, -0.2) is 4.79 Å². The van der Waals surface area contributed by atoms with E-state index in [-0.39, 0.29) is 6.61 Å². The summed E-state index contributed by atoms with van der Waals surface area (Å²) < 4.78 is 11.1. The highest BCUT2D eigenvalue weighted by molar-refractivity contribution is 9.10. The summed E-state index contributed by atoms with van der Waals surface area (Å²) in [5.74, 6) is -0.423. The van der Waals surface area contributed by atoms with Crippen molar-refractivity contribution in [1.29, 1.82) is 0 Å². The number of hydrogen-bond acceptors (Lipinski definition) is 4. The fraction of sp³-hybridized carbons (Fsp3) is 0.462. The number of para-hydroxylation sites is 1. The van der Waals surface area contributed by atoms with Gasteiger partial charge in [0, 0.05) is 11.1 Å². The molecule has 0 radical (unpaired) electrons. The second kappa shape index (κ2) is 8.11. The third kappa shape index (κ3) is 4.66. The minimum absolute atomic E-state index is 0.245. The lowest BCUT2D eigenvalue weighted by Gasteiger charge is -2.08. The lowest BCUT2D eigenvalue weighted by atomic mass is 10.2. The van der Waals surface area contributed by atoms with Gasteiger partial charge in [-0.1, -0.05) is 19.4 Å². The van der Waals surface area contributed by atoms with Crippen LogP contribution >= 0.6 is 15.9 Å². The normalized spacial score (nSPS) is 10.3. The molecule has 0 aliphatic heterocycles. The van der Waals surface area contributed by atoms with E-state index in [1.165, 1.54) is 0 Å². The minimum atomic E-state index is -0.423. The van der Waals surface area contributed by atoms with Gasteiger partial charge < -0.3 is 15.2 Å². The van der Waals surface area contributed by atoms with Crippen LogP contribution in [0, 0.1) is 0 Å². The molecule has 0 spiro atoms. The second-order valence-electron chi connectivity index (χ2n) is 3.80. The summed E-state index contributed by atoms with van der Waals surface area (Å²) in [6.07, 6.45) is 2.11. The number of rotatable bonds is 7. The van der Waals surface area contributed by atoms with Crippen LogP contribution in [0.15, 0.2) is 22.7 Å². The number of esters is 1. The molecule has 0 saturated carbocycles. The first-order chi connectivity index (χ1) is 8.66. The molecule has 0 aliphatic carbocycles. The minimum Gasteiger partial charge on any atom is -0.460 e. The highest BCUT2D eigenvalue weighted by Crippen LogP contribution is 2.23. The lowest BCUT2D eigenvalue weighted by molar-refractivity contribution is 0.0315. The Morgan fingerprint density at radius 2 is 2.11 bits per heavy atom. The maximum atomic E-state index is 11.7. The maximum absolute atomic E-state index is 11.7. The van der Waals surface area contributed by atoms with Crippen LogP contribution < -0.4 is 5.73 Å².